The molecule has 0 amide bonds. The lowest BCUT2D eigenvalue weighted by Gasteiger charge is -2.35. The normalized spacial score (nSPS) is 13.8. The zero-order chi connectivity index (χ0) is 42.1. The lowest BCUT2D eigenvalue weighted by atomic mass is 9.67. The Morgan fingerprint density at radius 2 is 0.825 bits per heavy atom. The van der Waals surface area contributed by atoms with Crippen molar-refractivity contribution in [3.8, 4) is 44.5 Å². The predicted molar refractivity (Wildman–Crippen MR) is 264 cm³/mol. The fraction of sp³-hybridized carbons (Fsp3) is 0.0645. The van der Waals surface area contributed by atoms with E-state index in [0.29, 0.717) is 0 Å². The highest BCUT2D eigenvalue weighted by Gasteiger charge is 2.46. The topological polar surface area (TPSA) is 3.24 Å². The minimum Gasteiger partial charge on any atom is -0.310 e. The van der Waals surface area contributed by atoms with Crippen molar-refractivity contribution in [1.29, 1.82) is 0 Å². The first-order valence-corrected chi connectivity index (χ1v) is 22.1. The Hall–Kier alpha value is -7.74. The summed E-state index contributed by atoms with van der Waals surface area (Å²) in [7, 11) is 0. The fourth-order valence-corrected chi connectivity index (χ4v) is 11.1. The number of hydrogen-bond donors (Lipinski definition) is 0. The van der Waals surface area contributed by atoms with Gasteiger partial charge in [-0.3, -0.25) is 0 Å². The Balaban J connectivity index is 1.10. The highest BCUT2D eigenvalue weighted by atomic mass is 15.1. The van der Waals surface area contributed by atoms with Crippen LogP contribution in [0.1, 0.15) is 47.2 Å². The Kier molecular flexibility index (Phi) is 8.49. The number of anilines is 3. The first-order valence-electron chi connectivity index (χ1n) is 22.1. The Labute approximate surface area is 370 Å². The van der Waals surface area contributed by atoms with Crippen molar-refractivity contribution in [3.63, 3.8) is 0 Å². The van der Waals surface area contributed by atoms with Crippen molar-refractivity contribution >= 4 is 27.8 Å². The summed E-state index contributed by atoms with van der Waals surface area (Å²) in [5.74, 6) is 0. The molecule has 10 aromatic rings. The summed E-state index contributed by atoms with van der Waals surface area (Å²) in [6.45, 7) is 4.84. The molecule has 0 aliphatic heterocycles. The maximum absolute atomic E-state index is 2.48. The minimum absolute atomic E-state index is 0.261. The molecule has 2 aliphatic rings. The monoisotopic (exact) mass is 803 g/mol. The summed E-state index contributed by atoms with van der Waals surface area (Å²) in [6.07, 6.45) is 0. The van der Waals surface area contributed by atoms with Gasteiger partial charge >= 0.3 is 0 Å². The molecule has 2 aliphatic carbocycles. The van der Waals surface area contributed by atoms with Crippen LogP contribution in [0.25, 0.3) is 55.3 Å². The number of fused-ring (bicyclic) bond motifs is 8. The lowest BCUT2D eigenvalue weighted by molar-refractivity contribution is 0.666. The average Bonchev–Trinajstić information content (AvgIpc) is 3.78. The van der Waals surface area contributed by atoms with Gasteiger partial charge in [0.2, 0.25) is 0 Å². The van der Waals surface area contributed by atoms with E-state index in [4.69, 9.17) is 0 Å². The van der Waals surface area contributed by atoms with Crippen molar-refractivity contribution < 1.29 is 0 Å². The van der Waals surface area contributed by atoms with Crippen molar-refractivity contribution in [1.82, 2.24) is 0 Å². The van der Waals surface area contributed by atoms with Crippen LogP contribution in [-0.4, -0.2) is 0 Å². The van der Waals surface area contributed by atoms with E-state index in [2.05, 4.69) is 255 Å². The van der Waals surface area contributed by atoms with Gasteiger partial charge in [0, 0.05) is 22.5 Å². The molecular weight excluding hydrogens is 759 g/mol. The van der Waals surface area contributed by atoms with Crippen LogP contribution in [0.4, 0.5) is 17.1 Å². The molecule has 0 fully saturated rings. The van der Waals surface area contributed by atoms with Crippen LogP contribution in [0.5, 0.6) is 0 Å². The van der Waals surface area contributed by atoms with E-state index in [1.807, 2.05) is 0 Å². The molecule has 0 atom stereocenters. The number of nitrogens with zero attached hydrogens (tertiary/aromatic N) is 1. The van der Waals surface area contributed by atoms with Gasteiger partial charge in [-0.15, -0.1) is 0 Å². The van der Waals surface area contributed by atoms with Crippen LogP contribution >= 0.6 is 0 Å². The third-order valence-electron chi connectivity index (χ3n) is 13.9. The largest absolute Gasteiger partial charge is 0.310 e. The predicted octanol–water partition coefficient (Wildman–Crippen LogP) is 16.3. The van der Waals surface area contributed by atoms with E-state index >= 15 is 0 Å². The van der Waals surface area contributed by atoms with E-state index in [-0.39, 0.29) is 5.41 Å². The maximum Gasteiger partial charge on any atom is 0.0714 e. The third-order valence-corrected chi connectivity index (χ3v) is 13.9. The molecule has 1 nitrogen and oxygen atoms in total. The second kappa shape index (κ2) is 14.4. The highest BCUT2D eigenvalue weighted by molar-refractivity contribution is 6.05. The summed E-state index contributed by atoms with van der Waals surface area (Å²) in [6, 6.07) is 87.7. The molecule has 0 unspecified atom stereocenters. The highest BCUT2D eigenvalue weighted by Crippen LogP contribution is 2.59. The summed E-state index contributed by atoms with van der Waals surface area (Å²) in [4.78, 5) is 2.48. The first-order chi connectivity index (χ1) is 31.0. The van der Waals surface area contributed by atoms with Crippen molar-refractivity contribution in [2.24, 2.45) is 0 Å². The van der Waals surface area contributed by atoms with Crippen LogP contribution < -0.4 is 4.90 Å². The van der Waals surface area contributed by atoms with E-state index in [1.165, 1.54) is 88.7 Å². The van der Waals surface area contributed by atoms with Gasteiger partial charge in [0.05, 0.1) is 5.41 Å². The SMILES string of the molecule is CC1(C)c2cc(N(c3ccc(-c4ccccc4)cc3)c3ccc4c(c3)C(c3ccccc3)(c3ccccc3)c3ccccc3-4)ccc2-c2c(-c3ccccc3)cc3ccccc3c21. The van der Waals surface area contributed by atoms with Gasteiger partial charge in [0.25, 0.3) is 0 Å². The molecule has 0 spiro atoms. The van der Waals surface area contributed by atoms with E-state index in [1.54, 1.807) is 0 Å². The van der Waals surface area contributed by atoms with Gasteiger partial charge in [-0.25, -0.2) is 0 Å². The van der Waals surface area contributed by atoms with Crippen molar-refractivity contribution in [2.75, 3.05) is 4.90 Å². The molecular formula is C62H45N. The summed E-state index contributed by atoms with van der Waals surface area (Å²) < 4.78 is 0. The van der Waals surface area contributed by atoms with Gasteiger partial charge in [0.15, 0.2) is 0 Å². The smallest absolute Gasteiger partial charge is 0.0714 e. The Morgan fingerprint density at radius 3 is 1.49 bits per heavy atom. The lowest BCUT2D eigenvalue weighted by Crippen LogP contribution is -2.28. The van der Waals surface area contributed by atoms with Gasteiger partial charge < -0.3 is 4.90 Å². The molecule has 0 bridgehead atoms. The minimum atomic E-state index is -0.510. The molecule has 12 rings (SSSR count). The molecule has 63 heavy (non-hydrogen) atoms. The van der Waals surface area contributed by atoms with Crippen LogP contribution in [0.3, 0.4) is 0 Å². The van der Waals surface area contributed by atoms with Gasteiger partial charge in [-0.05, 0) is 131 Å². The maximum atomic E-state index is 2.48. The molecule has 0 saturated heterocycles. The van der Waals surface area contributed by atoms with Gasteiger partial charge in [-0.2, -0.15) is 0 Å². The second-order valence-electron chi connectivity index (χ2n) is 17.6. The fourth-order valence-electron chi connectivity index (χ4n) is 11.1. The standard InChI is InChI=1S/C62H45N/c1-61(2)57-40-49(36-38-54(57)59-55(44-21-9-4-10-22-44)39-45-23-15-16-28-51(45)60(59)61)63(48-33-31-43(32-34-48)42-19-7-3-8-20-42)50-35-37-53-52-29-17-18-30-56(52)62(58(53)41-50,46-24-11-5-12-25-46)47-26-13-6-14-27-47/h3-41H,1-2H3. The third kappa shape index (κ3) is 5.63. The summed E-state index contributed by atoms with van der Waals surface area (Å²) in [5, 5.41) is 2.59. The van der Waals surface area contributed by atoms with E-state index < -0.39 is 5.41 Å². The molecule has 0 saturated carbocycles. The van der Waals surface area contributed by atoms with Crippen LogP contribution in [-0.2, 0) is 10.8 Å². The summed E-state index contributed by atoms with van der Waals surface area (Å²) >= 11 is 0. The molecule has 298 valence electrons. The molecule has 0 aromatic heterocycles. The quantitative estimate of drug-likeness (QED) is 0.155. The average molecular weight is 804 g/mol. The van der Waals surface area contributed by atoms with Crippen LogP contribution in [0, 0.1) is 0 Å². The Morgan fingerprint density at radius 1 is 0.333 bits per heavy atom. The van der Waals surface area contributed by atoms with Crippen LogP contribution in [0.15, 0.2) is 237 Å². The number of hydrogen-bond acceptors (Lipinski definition) is 1. The van der Waals surface area contributed by atoms with Gasteiger partial charge in [0.1, 0.15) is 0 Å². The Bertz CT molecular complexity index is 3290. The molecule has 0 radical (unpaired) electrons. The second-order valence-corrected chi connectivity index (χ2v) is 17.6. The van der Waals surface area contributed by atoms with E-state index in [0.717, 1.165) is 17.1 Å². The van der Waals surface area contributed by atoms with Crippen LogP contribution in [0.2, 0.25) is 0 Å². The number of rotatable bonds is 7. The first kappa shape index (κ1) is 37.1. The zero-order valence-corrected chi connectivity index (χ0v) is 35.5. The summed E-state index contributed by atoms with van der Waals surface area (Å²) in [5.41, 5.74) is 20.6. The number of benzene rings is 10. The van der Waals surface area contributed by atoms with E-state index in [9.17, 15) is 0 Å². The van der Waals surface area contributed by atoms with Gasteiger partial charge in [-0.1, -0.05) is 208 Å². The van der Waals surface area contributed by atoms with Crippen molar-refractivity contribution in [3.05, 3.63) is 270 Å². The zero-order valence-electron chi connectivity index (χ0n) is 35.5. The molecule has 10 aromatic carbocycles. The molecule has 1 heteroatoms. The molecule has 0 N–H and O–H groups in total. The van der Waals surface area contributed by atoms with Crippen molar-refractivity contribution in [2.45, 2.75) is 24.7 Å². The molecule has 0 heterocycles.